The summed E-state index contributed by atoms with van der Waals surface area (Å²) in [6.07, 6.45) is 1.95. The molecular weight excluding hydrogens is 218 g/mol. The molecule has 0 saturated heterocycles. The van der Waals surface area contributed by atoms with Crippen molar-refractivity contribution in [3.63, 3.8) is 0 Å². The Labute approximate surface area is 102 Å². The lowest BCUT2D eigenvalue weighted by atomic mass is 10.1. The van der Waals surface area contributed by atoms with E-state index in [1.807, 2.05) is 6.92 Å². The summed E-state index contributed by atoms with van der Waals surface area (Å²) in [5, 5.41) is 12.6. The molecule has 4 heteroatoms. The standard InChI is InChI=1S/C13H19NO3/c1-3-5-9-14-13(16)10-7-6-8-11(12(10)15)17-4-2/h6-8,15H,3-5,9H2,1-2H3,(H,14,16). The first-order valence-corrected chi connectivity index (χ1v) is 5.93. The molecule has 17 heavy (non-hydrogen) atoms. The molecule has 0 unspecified atom stereocenters. The van der Waals surface area contributed by atoms with Crippen molar-refractivity contribution in [2.24, 2.45) is 0 Å². The van der Waals surface area contributed by atoms with Crippen molar-refractivity contribution < 1.29 is 14.6 Å². The van der Waals surface area contributed by atoms with E-state index in [1.165, 1.54) is 0 Å². The zero-order valence-corrected chi connectivity index (χ0v) is 10.3. The van der Waals surface area contributed by atoms with Crippen LogP contribution in [0.25, 0.3) is 0 Å². The molecule has 0 fully saturated rings. The van der Waals surface area contributed by atoms with Crippen LogP contribution in [-0.4, -0.2) is 24.2 Å². The molecule has 0 aliphatic heterocycles. The monoisotopic (exact) mass is 237 g/mol. The number of nitrogens with one attached hydrogen (secondary N) is 1. The Hall–Kier alpha value is -1.71. The molecule has 0 aliphatic carbocycles. The van der Waals surface area contributed by atoms with Gasteiger partial charge in [0.2, 0.25) is 0 Å². The normalized spacial score (nSPS) is 10.0. The summed E-state index contributed by atoms with van der Waals surface area (Å²) in [5.74, 6) is -0.0171. The van der Waals surface area contributed by atoms with E-state index < -0.39 is 0 Å². The van der Waals surface area contributed by atoms with Crippen molar-refractivity contribution in [3.8, 4) is 11.5 Å². The average molecular weight is 237 g/mol. The molecule has 1 aromatic rings. The topological polar surface area (TPSA) is 58.6 Å². The minimum atomic E-state index is -0.266. The number of phenolic OH excluding ortho intramolecular Hbond substituents is 1. The molecule has 4 nitrogen and oxygen atoms in total. The van der Waals surface area contributed by atoms with E-state index in [2.05, 4.69) is 12.2 Å². The van der Waals surface area contributed by atoms with Gasteiger partial charge in [-0.15, -0.1) is 0 Å². The average Bonchev–Trinajstić information content (AvgIpc) is 2.32. The van der Waals surface area contributed by atoms with Crippen LogP contribution in [-0.2, 0) is 0 Å². The van der Waals surface area contributed by atoms with Gasteiger partial charge in [0, 0.05) is 6.54 Å². The Balaban J connectivity index is 2.75. The molecule has 1 amide bonds. The Bertz CT molecular complexity index is 377. The predicted molar refractivity (Wildman–Crippen MR) is 66.5 cm³/mol. The van der Waals surface area contributed by atoms with Gasteiger partial charge in [0.15, 0.2) is 11.5 Å². The second kappa shape index (κ2) is 6.78. The molecule has 0 aliphatic rings. The number of unbranched alkanes of at least 4 members (excludes halogenated alkanes) is 1. The van der Waals surface area contributed by atoms with Crippen molar-refractivity contribution >= 4 is 5.91 Å². The second-order valence-corrected chi connectivity index (χ2v) is 3.69. The van der Waals surface area contributed by atoms with Crippen LogP contribution in [0.1, 0.15) is 37.0 Å². The summed E-state index contributed by atoms with van der Waals surface area (Å²) >= 11 is 0. The van der Waals surface area contributed by atoms with Crippen molar-refractivity contribution in [1.82, 2.24) is 5.32 Å². The lowest BCUT2D eigenvalue weighted by Gasteiger charge is -2.10. The molecule has 0 spiro atoms. The number of amides is 1. The van der Waals surface area contributed by atoms with Crippen LogP contribution in [0.5, 0.6) is 11.5 Å². The lowest BCUT2D eigenvalue weighted by molar-refractivity contribution is 0.0949. The highest BCUT2D eigenvalue weighted by atomic mass is 16.5. The molecular formula is C13H19NO3. The summed E-state index contributed by atoms with van der Waals surface area (Å²) in [4.78, 5) is 11.8. The highest BCUT2D eigenvalue weighted by molar-refractivity contribution is 5.97. The van der Waals surface area contributed by atoms with Crippen LogP contribution in [0.15, 0.2) is 18.2 Å². The fourth-order valence-electron chi connectivity index (χ4n) is 1.45. The molecule has 0 bridgehead atoms. The van der Waals surface area contributed by atoms with Gasteiger partial charge in [-0.05, 0) is 25.5 Å². The maximum atomic E-state index is 11.8. The van der Waals surface area contributed by atoms with Crippen LogP contribution >= 0.6 is 0 Å². The zero-order valence-electron chi connectivity index (χ0n) is 10.3. The predicted octanol–water partition coefficient (Wildman–Crippen LogP) is 2.32. The maximum Gasteiger partial charge on any atom is 0.255 e. The maximum absolute atomic E-state index is 11.8. The van der Waals surface area contributed by atoms with E-state index in [0.717, 1.165) is 12.8 Å². The third-order valence-electron chi connectivity index (χ3n) is 2.36. The Morgan fingerprint density at radius 1 is 1.41 bits per heavy atom. The minimum Gasteiger partial charge on any atom is -0.504 e. The van der Waals surface area contributed by atoms with Crippen molar-refractivity contribution in [1.29, 1.82) is 0 Å². The van der Waals surface area contributed by atoms with Crippen molar-refractivity contribution in [2.45, 2.75) is 26.7 Å². The Kier molecular flexibility index (Phi) is 5.33. The number of hydrogen-bond acceptors (Lipinski definition) is 3. The van der Waals surface area contributed by atoms with Crippen LogP contribution in [0.3, 0.4) is 0 Å². The smallest absolute Gasteiger partial charge is 0.255 e. The fraction of sp³-hybridized carbons (Fsp3) is 0.462. The second-order valence-electron chi connectivity index (χ2n) is 3.69. The number of carbonyl (C=O) groups is 1. The van der Waals surface area contributed by atoms with Gasteiger partial charge in [-0.2, -0.15) is 0 Å². The van der Waals surface area contributed by atoms with E-state index in [-0.39, 0.29) is 17.2 Å². The molecule has 2 N–H and O–H groups in total. The zero-order chi connectivity index (χ0) is 12.7. The van der Waals surface area contributed by atoms with Gasteiger partial charge < -0.3 is 15.2 Å². The first kappa shape index (κ1) is 13.4. The summed E-state index contributed by atoms with van der Waals surface area (Å²) < 4.78 is 5.22. The number of para-hydroxylation sites is 1. The number of hydrogen-bond donors (Lipinski definition) is 2. The third-order valence-corrected chi connectivity index (χ3v) is 2.36. The van der Waals surface area contributed by atoms with E-state index in [0.29, 0.717) is 18.9 Å². The molecule has 94 valence electrons. The van der Waals surface area contributed by atoms with Gasteiger partial charge in [-0.1, -0.05) is 19.4 Å². The number of benzene rings is 1. The molecule has 1 aromatic carbocycles. The number of carbonyl (C=O) groups excluding carboxylic acids is 1. The van der Waals surface area contributed by atoms with Gasteiger partial charge >= 0.3 is 0 Å². The number of rotatable bonds is 6. The first-order valence-electron chi connectivity index (χ1n) is 5.93. The van der Waals surface area contributed by atoms with E-state index in [4.69, 9.17) is 4.74 Å². The molecule has 0 aromatic heterocycles. The summed E-state index contributed by atoms with van der Waals surface area (Å²) in [6, 6.07) is 4.92. The summed E-state index contributed by atoms with van der Waals surface area (Å²) in [7, 11) is 0. The quantitative estimate of drug-likeness (QED) is 0.746. The lowest BCUT2D eigenvalue weighted by Crippen LogP contribution is -2.24. The van der Waals surface area contributed by atoms with Gasteiger partial charge in [0.05, 0.1) is 12.2 Å². The first-order chi connectivity index (χ1) is 8.20. The Morgan fingerprint density at radius 3 is 2.82 bits per heavy atom. The number of aromatic hydroxyl groups is 1. The van der Waals surface area contributed by atoms with E-state index in [9.17, 15) is 9.90 Å². The molecule has 1 rings (SSSR count). The van der Waals surface area contributed by atoms with E-state index >= 15 is 0 Å². The number of ether oxygens (including phenoxy) is 1. The highest BCUT2D eigenvalue weighted by Gasteiger charge is 2.14. The fourth-order valence-corrected chi connectivity index (χ4v) is 1.45. The minimum absolute atomic E-state index is 0.0941. The van der Waals surface area contributed by atoms with E-state index in [1.54, 1.807) is 18.2 Å². The summed E-state index contributed by atoms with van der Waals surface area (Å²) in [5.41, 5.74) is 0.257. The molecule has 0 radical (unpaired) electrons. The van der Waals surface area contributed by atoms with Gasteiger partial charge in [0.25, 0.3) is 5.91 Å². The summed E-state index contributed by atoms with van der Waals surface area (Å²) in [6.45, 7) is 4.95. The van der Waals surface area contributed by atoms with Crippen LogP contribution in [0.2, 0.25) is 0 Å². The molecule has 0 atom stereocenters. The van der Waals surface area contributed by atoms with Crippen LogP contribution in [0, 0.1) is 0 Å². The van der Waals surface area contributed by atoms with Crippen LogP contribution < -0.4 is 10.1 Å². The van der Waals surface area contributed by atoms with Gasteiger partial charge in [-0.25, -0.2) is 0 Å². The highest BCUT2D eigenvalue weighted by Crippen LogP contribution is 2.29. The van der Waals surface area contributed by atoms with Gasteiger partial charge in [0.1, 0.15) is 0 Å². The largest absolute Gasteiger partial charge is 0.504 e. The molecule has 0 heterocycles. The van der Waals surface area contributed by atoms with Crippen molar-refractivity contribution in [2.75, 3.05) is 13.2 Å². The number of phenols is 1. The van der Waals surface area contributed by atoms with Crippen molar-refractivity contribution in [3.05, 3.63) is 23.8 Å². The SMILES string of the molecule is CCCCNC(=O)c1cccc(OCC)c1O. The van der Waals surface area contributed by atoms with Crippen LogP contribution in [0.4, 0.5) is 0 Å². The van der Waals surface area contributed by atoms with Gasteiger partial charge in [-0.3, -0.25) is 4.79 Å². The molecule has 0 saturated carbocycles. The Morgan fingerprint density at radius 2 is 2.18 bits per heavy atom. The third kappa shape index (κ3) is 3.66.